The third-order valence-corrected chi connectivity index (χ3v) is 4.90. The van der Waals surface area contributed by atoms with Crippen LogP contribution in [0, 0.1) is 11.3 Å². The Morgan fingerprint density at radius 3 is 2.65 bits per heavy atom. The number of pyridine rings is 1. The number of fused-ring (bicyclic) bond motifs is 1. The zero-order chi connectivity index (χ0) is 14.3. The average molecular weight is 270 g/mol. The minimum atomic E-state index is 0.0422. The zero-order valence-electron chi connectivity index (χ0n) is 12.4. The number of para-hydroxylation sites is 1. The van der Waals surface area contributed by atoms with Crippen molar-refractivity contribution in [2.75, 3.05) is 11.9 Å². The highest BCUT2D eigenvalue weighted by Crippen LogP contribution is 2.51. The Bertz CT molecular complexity index is 696. The Hall–Kier alpha value is -1.77. The minimum Gasteiger partial charge on any atom is -0.384 e. The lowest BCUT2D eigenvalue weighted by Gasteiger charge is -2.21. The summed E-state index contributed by atoms with van der Waals surface area (Å²) in [5, 5.41) is 4.65. The fourth-order valence-electron chi connectivity index (χ4n) is 2.95. The van der Waals surface area contributed by atoms with Crippen molar-refractivity contribution in [2.45, 2.75) is 26.7 Å². The van der Waals surface area contributed by atoms with Crippen LogP contribution in [0.25, 0.3) is 10.9 Å². The molecule has 0 amide bonds. The predicted molar refractivity (Wildman–Crippen MR) is 84.2 cm³/mol. The van der Waals surface area contributed by atoms with E-state index < -0.39 is 0 Å². The lowest BCUT2D eigenvalue weighted by atomic mass is 9.92. The minimum absolute atomic E-state index is 0.0422. The maximum atomic E-state index is 12.1. The molecule has 1 aromatic carbocycles. The molecule has 0 spiro atoms. The van der Waals surface area contributed by atoms with Gasteiger partial charge in [0.15, 0.2) is 0 Å². The van der Waals surface area contributed by atoms with Crippen molar-refractivity contribution in [3.8, 4) is 0 Å². The van der Waals surface area contributed by atoms with Crippen LogP contribution in [0.3, 0.4) is 0 Å². The second-order valence-electron chi connectivity index (χ2n) is 6.34. The van der Waals surface area contributed by atoms with Crippen LogP contribution in [-0.2, 0) is 7.05 Å². The first-order valence-corrected chi connectivity index (χ1v) is 7.36. The van der Waals surface area contributed by atoms with E-state index in [4.69, 9.17) is 0 Å². The molecule has 3 heteroatoms. The fourth-order valence-corrected chi connectivity index (χ4v) is 2.95. The lowest BCUT2D eigenvalue weighted by molar-refractivity contribution is 0.380. The maximum absolute atomic E-state index is 12.1. The number of nitrogens with zero attached hydrogens (tertiary/aromatic N) is 1. The van der Waals surface area contributed by atoms with Gasteiger partial charge in [-0.15, -0.1) is 0 Å². The Kier molecular flexibility index (Phi) is 3.08. The fraction of sp³-hybridized carbons (Fsp3) is 0.471. The van der Waals surface area contributed by atoms with Gasteiger partial charge in [0.25, 0.3) is 5.56 Å². The monoisotopic (exact) mass is 270 g/mol. The highest BCUT2D eigenvalue weighted by Gasteiger charge is 2.44. The van der Waals surface area contributed by atoms with Crippen molar-refractivity contribution in [3.05, 3.63) is 40.7 Å². The van der Waals surface area contributed by atoms with E-state index in [0.717, 1.165) is 23.1 Å². The first-order chi connectivity index (χ1) is 9.53. The number of hydrogen-bond acceptors (Lipinski definition) is 2. The molecule has 1 aromatic heterocycles. The van der Waals surface area contributed by atoms with Crippen LogP contribution in [-0.4, -0.2) is 11.1 Å². The maximum Gasteiger partial charge on any atom is 0.252 e. The number of aryl methyl sites for hydroxylation is 1. The van der Waals surface area contributed by atoms with E-state index in [-0.39, 0.29) is 5.56 Å². The molecule has 3 nitrogen and oxygen atoms in total. The standard InChI is InChI=1S/C17H22N2O/c1-12(2)17(8-9-17)11-18-14-10-16(20)19(3)15-7-5-4-6-13(14)15/h4-7,10,12,18H,8-9,11H2,1-3H3. The van der Waals surface area contributed by atoms with Gasteiger partial charge in [0.1, 0.15) is 0 Å². The molecule has 0 aliphatic heterocycles. The van der Waals surface area contributed by atoms with E-state index in [0.29, 0.717) is 11.3 Å². The molecular weight excluding hydrogens is 248 g/mol. The van der Waals surface area contributed by atoms with E-state index in [9.17, 15) is 4.79 Å². The van der Waals surface area contributed by atoms with Crippen LogP contribution < -0.4 is 10.9 Å². The Labute approximate surface area is 119 Å². The number of aromatic nitrogens is 1. The molecule has 0 radical (unpaired) electrons. The molecule has 1 aliphatic rings. The van der Waals surface area contributed by atoms with Crippen LogP contribution in [0.1, 0.15) is 26.7 Å². The molecule has 1 aliphatic carbocycles. The van der Waals surface area contributed by atoms with E-state index in [1.165, 1.54) is 12.8 Å². The van der Waals surface area contributed by atoms with Gasteiger partial charge in [0.2, 0.25) is 0 Å². The molecule has 1 fully saturated rings. The van der Waals surface area contributed by atoms with Gasteiger partial charge >= 0.3 is 0 Å². The van der Waals surface area contributed by atoms with Crippen molar-refractivity contribution >= 4 is 16.6 Å². The van der Waals surface area contributed by atoms with Gasteiger partial charge in [-0.2, -0.15) is 0 Å². The molecule has 2 aromatic rings. The number of benzene rings is 1. The highest BCUT2D eigenvalue weighted by molar-refractivity contribution is 5.91. The summed E-state index contributed by atoms with van der Waals surface area (Å²) in [6, 6.07) is 9.79. The summed E-state index contributed by atoms with van der Waals surface area (Å²) in [6.07, 6.45) is 2.58. The molecule has 0 atom stereocenters. The summed E-state index contributed by atoms with van der Waals surface area (Å²) in [7, 11) is 1.82. The van der Waals surface area contributed by atoms with Gasteiger partial charge in [0.05, 0.1) is 5.52 Å². The van der Waals surface area contributed by atoms with E-state index in [1.807, 2.05) is 25.2 Å². The first-order valence-electron chi connectivity index (χ1n) is 7.36. The van der Waals surface area contributed by atoms with Crippen molar-refractivity contribution in [1.29, 1.82) is 0 Å². The van der Waals surface area contributed by atoms with Gasteiger partial charge < -0.3 is 9.88 Å². The quantitative estimate of drug-likeness (QED) is 0.924. The van der Waals surface area contributed by atoms with Crippen molar-refractivity contribution in [1.82, 2.24) is 4.57 Å². The molecule has 0 unspecified atom stereocenters. The molecule has 1 N–H and O–H groups in total. The van der Waals surface area contributed by atoms with E-state index in [2.05, 4.69) is 25.2 Å². The summed E-state index contributed by atoms with van der Waals surface area (Å²) in [5.74, 6) is 0.688. The molecule has 20 heavy (non-hydrogen) atoms. The van der Waals surface area contributed by atoms with Gasteiger partial charge in [-0.25, -0.2) is 0 Å². The Morgan fingerprint density at radius 1 is 1.30 bits per heavy atom. The molecule has 1 heterocycles. The second-order valence-corrected chi connectivity index (χ2v) is 6.34. The number of hydrogen-bond donors (Lipinski definition) is 1. The van der Waals surface area contributed by atoms with Crippen molar-refractivity contribution in [2.24, 2.45) is 18.4 Å². The normalized spacial score (nSPS) is 16.6. The van der Waals surface area contributed by atoms with Crippen LogP contribution in [0.2, 0.25) is 0 Å². The predicted octanol–water partition coefficient (Wildman–Crippen LogP) is 3.39. The van der Waals surface area contributed by atoms with E-state index >= 15 is 0 Å². The molecule has 0 bridgehead atoms. The third-order valence-electron chi connectivity index (χ3n) is 4.90. The third kappa shape index (κ3) is 2.11. The summed E-state index contributed by atoms with van der Waals surface area (Å²) in [5.41, 5.74) is 2.43. The second kappa shape index (κ2) is 4.65. The van der Waals surface area contributed by atoms with Gasteiger partial charge in [-0.3, -0.25) is 4.79 Å². The zero-order valence-corrected chi connectivity index (χ0v) is 12.4. The van der Waals surface area contributed by atoms with Gasteiger partial charge in [-0.1, -0.05) is 32.0 Å². The summed E-state index contributed by atoms with van der Waals surface area (Å²) in [6.45, 7) is 5.54. The molecular formula is C17H22N2O. The summed E-state index contributed by atoms with van der Waals surface area (Å²) >= 11 is 0. The van der Waals surface area contributed by atoms with E-state index in [1.54, 1.807) is 10.6 Å². The number of rotatable bonds is 4. The van der Waals surface area contributed by atoms with Gasteiger partial charge in [-0.05, 0) is 30.2 Å². The van der Waals surface area contributed by atoms with Crippen LogP contribution >= 0.6 is 0 Å². The first kappa shape index (κ1) is 13.2. The Balaban J connectivity index is 1.96. The molecule has 0 saturated heterocycles. The van der Waals surface area contributed by atoms with Gasteiger partial charge in [0, 0.05) is 30.7 Å². The number of anilines is 1. The van der Waals surface area contributed by atoms with Crippen LogP contribution in [0.15, 0.2) is 35.1 Å². The lowest BCUT2D eigenvalue weighted by Crippen LogP contribution is -2.23. The smallest absolute Gasteiger partial charge is 0.252 e. The SMILES string of the molecule is CC(C)C1(CNc2cc(=O)n(C)c3ccccc23)CC1. The van der Waals surface area contributed by atoms with Crippen molar-refractivity contribution in [3.63, 3.8) is 0 Å². The van der Waals surface area contributed by atoms with Crippen LogP contribution in [0.5, 0.6) is 0 Å². The highest BCUT2D eigenvalue weighted by atomic mass is 16.1. The average Bonchev–Trinajstić information content (AvgIpc) is 3.23. The molecule has 106 valence electrons. The van der Waals surface area contributed by atoms with Crippen molar-refractivity contribution < 1.29 is 0 Å². The molecule has 1 saturated carbocycles. The molecule has 3 rings (SSSR count). The topological polar surface area (TPSA) is 34.0 Å². The summed E-state index contributed by atoms with van der Waals surface area (Å²) < 4.78 is 1.70. The number of nitrogens with one attached hydrogen (secondary N) is 1. The van der Waals surface area contributed by atoms with Crippen LogP contribution in [0.4, 0.5) is 5.69 Å². The largest absolute Gasteiger partial charge is 0.384 e. The Morgan fingerprint density at radius 2 is 2.00 bits per heavy atom. The summed E-state index contributed by atoms with van der Waals surface area (Å²) in [4.78, 5) is 12.1.